The molecule has 0 saturated carbocycles. The second-order valence-electron chi connectivity index (χ2n) is 5.95. The molecule has 0 unspecified atom stereocenters. The number of aliphatic hydroxyl groups excluding tert-OH is 1. The van der Waals surface area contributed by atoms with Crippen molar-refractivity contribution in [1.82, 2.24) is 9.97 Å². The Labute approximate surface area is 115 Å². The molecule has 1 aromatic rings. The summed E-state index contributed by atoms with van der Waals surface area (Å²) in [6.45, 7) is 9.16. The lowest BCUT2D eigenvalue weighted by Gasteiger charge is -2.27. The highest BCUT2D eigenvalue weighted by atomic mass is 16.3. The second kappa shape index (κ2) is 5.87. The van der Waals surface area contributed by atoms with E-state index in [4.69, 9.17) is 4.98 Å². The molecule has 0 aliphatic carbocycles. The molecular weight excluding hydrogens is 238 g/mol. The maximum Gasteiger partial charge on any atom is 0.133 e. The lowest BCUT2D eigenvalue weighted by molar-refractivity contribution is 0.175. The molecule has 0 aromatic carbocycles. The van der Waals surface area contributed by atoms with Crippen LogP contribution in [0, 0.1) is 6.92 Å². The summed E-state index contributed by atoms with van der Waals surface area (Å²) in [5, 5.41) is 9.62. The molecule has 4 heteroatoms. The van der Waals surface area contributed by atoms with E-state index in [-0.39, 0.29) is 6.10 Å². The number of hydrogen-bond donors (Lipinski definition) is 1. The van der Waals surface area contributed by atoms with Crippen molar-refractivity contribution >= 4 is 5.82 Å². The fourth-order valence-electron chi connectivity index (χ4n) is 2.76. The van der Waals surface area contributed by atoms with Crippen LogP contribution >= 0.6 is 0 Å². The number of aromatic nitrogens is 2. The van der Waals surface area contributed by atoms with Crippen LogP contribution in [0.3, 0.4) is 0 Å². The fraction of sp³-hybridized carbons (Fsp3) is 0.733. The standard InChI is InChI=1S/C15H25N3O/c1-10(2)15-16-11(3)8-14(17-15)18-7-5-6-13(18)9-12(4)19/h8,10,12-13,19H,5-7,9H2,1-4H3/t12-,13-/m0/s1. The maximum atomic E-state index is 9.62. The first kappa shape index (κ1) is 14.3. The summed E-state index contributed by atoms with van der Waals surface area (Å²) in [4.78, 5) is 11.5. The van der Waals surface area contributed by atoms with Crippen molar-refractivity contribution in [2.24, 2.45) is 0 Å². The van der Waals surface area contributed by atoms with Crippen LogP contribution in [0.4, 0.5) is 5.82 Å². The molecule has 1 aliphatic rings. The third kappa shape index (κ3) is 3.44. The van der Waals surface area contributed by atoms with Crippen molar-refractivity contribution in [2.45, 2.75) is 65.0 Å². The molecule has 0 radical (unpaired) electrons. The summed E-state index contributed by atoms with van der Waals surface area (Å²) in [6.07, 6.45) is 2.89. The van der Waals surface area contributed by atoms with Gasteiger partial charge in [-0.2, -0.15) is 0 Å². The monoisotopic (exact) mass is 263 g/mol. The van der Waals surface area contributed by atoms with Gasteiger partial charge in [-0.1, -0.05) is 13.8 Å². The predicted molar refractivity (Wildman–Crippen MR) is 77.5 cm³/mol. The Morgan fingerprint density at radius 2 is 2.11 bits per heavy atom. The first-order valence-corrected chi connectivity index (χ1v) is 7.27. The predicted octanol–water partition coefficient (Wildman–Crippen LogP) is 2.65. The van der Waals surface area contributed by atoms with Crippen molar-refractivity contribution in [3.05, 3.63) is 17.6 Å². The molecule has 19 heavy (non-hydrogen) atoms. The Morgan fingerprint density at radius 1 is 1.37 bits per heavy atom. The van der Waals surface area contributed by atoms with E-state index in [1.807, 2.05) is 13.8 Å². The Balaban J connectivity index is 2.25. The minimum Gasteiger partial charge on any atom is -0.393 e. The molecule has 0 amide bonds. The SMILES string of the molecule is Cc1cc(N2CCC[C@H]2C[C@H](C)O)nc(C(C)C)n1. The summed E-state index contributed by atoms with van der Waals surface area (Å²) >= 11 is 0. The van der Waals surface area contributed by atoms with Crippen molar-refractivity contribution < 1.29 is 5.11 Å². The molecule has 0 bridgehead atoms. The van der Waals surface area contributed by atoms with Gasteiger partial charge < -0.3 is 10.0 Å². The summed E-state index contributed by atoms with van der Waals surface area (Å²) < 4.78 is 0. The van der Waals surface area contributed by atoms with Gasteiger partial charge in [-0.15, -0.1) is 0 Å². The van der Waals surface area contributed by atoms with Gasteiger partial charge in [-0.05, 0) is 33.1 Å². The number of hydrogen-bond acceptors (Lipinski definition) is 4. The number of nitrogens with zero attached hydrogens (tertiary/aromatic N) is 3. The van der Waals surface area contributed by atoms with Gasteiger partial charge in [0.15, 0.2) is 0 Å². The van der Waals surface area contributed by atoms with Crippen LogP contribution in [-0.2, 0) is 0 Å². The first-order chi connectivity index (χ1) is 8.97. The average molecular weight is 263 g/mol. The van der Waals surface area contributed by atoms with Crippen LogP contribution in [-0.4, -0.2) is 33.8 Å². The van der Waals surface area contributed by atoms with E-state index < -0.39 is 0 Å². The van der Waals surface area contributed by atoms with Gasteiger partial charge in [-0.3, -0.25) is 0 Å². The highest BCUT2D eigenvalue weighted by Gasteiger charge is 2.27. The van der Waals surface area contributed by atoms with Crippen molar-refractivity contribution in [1.29, 1.82) is 0 Å². The lowest BCUT2D eigenvalue weighted by Crippen LogP contribution is -2.32. The molecule has 106 valence electrons. The number of rotatable bonds is 4. The lowest BCUT2D eigenvalue weighted by atomic mass is 10.1. The first-order valence-electron chi connectivity index (χ1n) is 7.27. The van der Waals surface area contributed by atoms with Crippen LogP contribution < -0.4 is 4.90 Å². The zero-order chi connectivity index (χ0) is 14.0. The van der Waals surface area contributed by atoms with Crippen molar-refractivity contribution in [2.75, 3.05) is 11.4 Å². The summed E-state index contributed by atoms with van der Waals surface area (Å²) in [7, 11) is 0. The van der Waals surface area contributed by atoms with E-state index in [1.165, 1.54) is 6.42 Å². The molecule has 1 aromatic heterocycles. The third-order valence-corrected chi connectivity index (χ3v) is 3.66. The van der Waals surface area contributed by atoms with Gasteiger partial charge in [-0.25, -0.2) is 9.97 Å². The van der Waals surface area contributed by atoms with Gasteiger partial charge in [0.1, 0.15) is 11.6 Å². The van der Waals surface area contributed by atoms with Crippen LogP contribution in [0.2, 0.25) is 0 Å². The minimum atomic E-state index is -0.252. The van der Waals surface area contributed by atoms with Crippen molar-refractivity contribution in [3.8, 4) is 0 Å². The van der Waals surface area contributed by atoms with Crippen LogP contribution in [0.15, 0.2) is 6.07 Å². The zero-order valence-electron chi connectivity index (χ0n) is 12.4. The second-order valence-corrected chi connectivity index (χ2v) is 5.95. The van der Waals surface area contributed by atoms with Gasteiger partial charge >= 0.3 is 0 Å². The average Bonchev–Trinajstić information content (AvgIpc) is 2.75. The van der Waals surface area contributed by atoms with Gasteiger partial charge in [0.25, 0.3) is 0 Å². The quantitative estimate of drug-likeness (QED) is 0.907. The Hall–Kier alpha value is -1.16. The third-order valence-electron chi connectivity index (χ3n) is 3.66. The molecule has 2 heterocycles. The molecule has 2 atom stereocenters. The normalized spacial score (nSPS) is 21.2. The van der Waals surface area contributed by atoms with E-state index >= 15 is 0 Å². The van der Waals surface area contributed by atoms with Gasteiger partial charge in [0.05, 0.1) is 6.10 Å². The van der Waals surface area contributed by atoms with Gasteiger partial charge in [0.2, 0.25) is 0 Å². The van der Waals surface area contributed by atoms with E-state index in [0.29, 0.717) is 12.0 Å². The summed E-state index contributed by atoms with van der Waals surface area (Å²) in [5.74, 6) is 2.29. The van der Waals surface area contributed by atoms with E-state index in [0.717, 1.165) is 36.7 Å². The summed E-state index contributed by atoms with van der Waals surface area (Å²) in [5.41, 5.74) is 1.02. The number of aliphatic hydroxyl groups is 1. The van der Waals surface area contributed by atoms with Crippen LogP contribution in [0.5, 0.6) is 0 Å². The molecule has 1 N–H and O–H groups in total. The number of anilines is 1. The van der Waals surface area contributed by atoms with Gasteiger partial charge in [0, 0.05) is 30.3 Å². The van der Waals surface area contributed by atoms with Crippen LogP contribution in [0.1, 0.15) is 57.5 Å². The largest absolute Gasteiger partial charge is 0.393 e. The summed E-state index contributed by atoms with van der Waals surface area (Å²) in [6, 6.07) is 2.47. The Morgan fingerprint density at radius 3 is 2.74 bits per heavy atom. The number of aryl methyl sites for hydroxylation is 1. The maximum absolute atomic E-state index is 9.62. The molecule has 1 saturated heterocycles. The molecule has 1 aliphatic heterocycles. The Bertz CT molecular complexity index is 431. The van der Waals surface area contributed by atoms with Crippen molar-refractivity contribution in [3.63, 3.8) is 0 Å². The Kier molecular flexibility index (Phi) is 4.40. The highest BCUT2D eigenvalue weighted by molar-refractivity contribution is 5.42. The van der Waals surface area contributed by atoms with E-state index in [1.54, 1.807) is 0 Å². The topological polar surface area (TPSA) is 49.2 Å². The molecule has 2 rings (SSSR count). The molecular formula is C15H25N3O. The van der Waals surface area contributed by atoms with Crippen LogP contribution in [0.25, 0.3) is 0 Å². The minimum absolute atomic E-state index is 0.252. The van der Waals surface area contributed by atoms with E-state index in [9.17, 15) is 5.11 Å². The fourth-order valence-corrected chi connectivity index (χ4v) is 2.76. The highest BCUT2D eigenvalue weighted by Crippen LogP contribution is 2.28. The molecule has 4 nitrogen and oxygen atoms in total. The molecule has 1 fully saturated rings. The smallest absolute Gasteiger partial charge is 0.133 e. The van der Waals surface area contributed by atoms with E-state index in [2.05, 4.69) is 29.8 Å². The molecule has 0 spiro atoms. The zero-order valence-corrected chi connectivity index (χ0v) is 12.4.